The van der Waals surface area contributed by atoms with Gasteiger partial charge in [0, 0.05) is 22.3 Å². The van der Waals surface area contributed by atoms with Crippen molar-refractivity contribution in [2.45, 2.75) is 40.0 Å². The van der Waals surface area contributed by atoms with Crippen molar-refractivity contribution in [3.8, 4) is 44.5 Å². The van der Waals surface area contributed by atoms with Crippen molar-refractivity contribution in [3.63, 3.8) is 0 Å². The summed E-state index contributed by atoms with van der Waals surface area (Å²) in [5.74, 6) is 0. The van der Waals surface area contributed by atoms with E-state index >= 15 is 26.3 Å². The van der Waals surface area contributed by atoms with Crippen molar-refractivity contribution in [2.75, 3.05) is 0 Å². The third-order valence-corrected chi connectivity index (χ3v) is 7.72. The van der Waals surface area contributed by atoms with E-state index in [0.29, 0.717) is 22.3 Å². The standard InChI is InChI=1S/C36H28F6/c1-21-13-5-9-17-25(21)29-30(26-18-10-6-14-22(26)2)34(36(40,41)42)32(28-20-12-8-16-24(28)4)31(33(29)35(37,38)39)27-19-11-7-15-23(27)3/h5-20H,1-4H3. The number of halogens is 6. The van der Waals surface area contributed by atoms with E-state index in [4.69, 9.17) is 0 Å². The molecule has 0 fully saturated rings. The maximum absolute atomic E-state index is 15.7. The Hall–Kier alpha value is -4.32. The third-order valence-electron chi connectivity index (χ3n) is 7.72. The van der Waals surface area contributed by atoms with Crippen LogP contribution in [0.5, 0.6) is 0 Å². The monoisotopic (exact) mass is 574 g/mol. The number of aryl methyl sites for hydroxylation is 4. The van der Waals surface area contributed by atoms with E-state index in [9.17, 15) is 0 Å². The first-order valence-electron chi connectivity index (χ1n) is 13.4. The van der Waals surface area contributed by atoms with Gasteiger partial charge < -0.3 is 0 Å². The molecule has 5 rings (SSSR count). The molecule has 0 saturated heterocycles. The van der Waals surface area contributed by atoms with Gasteiger partial charge in [0.25, 0.3) is 0 Å². The predicted molar refractivity (Wildman–Crippen MR) is 157 cm³/mol. The summed E-state index contributed by atoms with van der Waals surface area (Å²) in [7, 11) is 0. The summed E-state index contributed by atoms with van der Waals surface area (Å²) in [6.07, 6.45) is -10.0. The van der Waals surface area contributed by atoms with E-state index in [0.717, 1.165) is 0 Å². The SMILES string of the molecule is Cc1ccccc1-c1c(-c2ccccc2C)c(C(F)(F)F)c(-c2ccccc2C)c(-c2ccccc2C)c1C(F)(F)F. The smallest absolute Gasteiger partial charge is 0.166 e. The molecule has 6 heteroatoms. The van der Waals surface area contributed by atoms with Crippen molar-refractivity contribution < 1.29 is 26.3 Å². The first-order chi connectivity index (χ1) is 19.8. The van der Waals surface area contributed by atoms with Gasteiger partial charge in [0.05, 0.1) is 11.1 Å². The van der Waals surface area contributed by atoms with Gasteiger partial charge in [-0.05, 0) is 72.2 Å². The zero-order valence-electron chi connectivity index (χ0n) is 23.5. The summed E-state index contributed by atoms with van der Waals surface area (Å²) in [4.78, 5) is 0. The average Bonchev–Trinajstić information content (AvgIpc) is 2.92. The van der Waals surface area contributed by atoms with Crippen LogP contribution in [-0.2, 0) is 12.4 Å². The van der Waals surface area contributed by atoms with Crippen molar-refractivity contribution >= 4 is 0 Å². The molecule has 0 N–H and O–H groups in total. The quantitative estimate of drug-likeness (QED) is 0.187. The normalized spacial score (nSPS) is 12.0. The fraction of sp³-hybridized carbons (Fsp3) is 0.167. The molecule has 214 valence electrons. The molecule has 0 aromatic heterocycles. The highest BCUT2D eigenvalue weighted by Crippen LogP contribution is 2.58. The van der Waals surface area contributed by atoms with E-state index in [-0.39, 0.29) is 22.3 Å². The maximum Gasteiger partial charge on any atom is 0.417 e. The van der Waals surface area contributed by atoms with E-state index in [1.54, 1.807) is 100 Å². The molecule has 0 heterocycles. The van der Waals surface area contributed by atoms with E-state index in [1.165, 1.54) is 24.3 Å². The Bertz CT molecular complexity index is 1540. The second-order valence-corrected chi connectivity index (χ2v) is 10.5. The molecule has 0 unspecified atom stereocenters. The summed E-state index contributed by atoms with van der Waals surface area (Å²) >= 11 is 0. The lowest BCUT2D eigenvalue weighted by Crippen LogP contribution is -2.19. The van der Waals surface area contributed by atoms with Gasteiger partial charge in [0.2, 0.25) is 0 Å². The summed E-state index contributed by atoms with van der Waals surface area (Å²) in [5.41, 5.74) is -1.94. The minimum Gasteiger partial charge on any atom is -0.166 e. The van der Waals surface area contributed by atoms with Crippen LogP contribution in [0.15, 0.2) is 97.1 Å². The highest BCUT2D eigenvalue weighted by molar-refractivity contribution is 6.03. The van der Waals surface area contributed by atoms with Crippen LogP contribution in [-0.4, -0.2) is 0 Å². The molecular formula is C36H28F6. The lowest BCUT2D eigenvalue weighted by molar-refractivity contribution is -0.139. The number of rotatable bonds is 4. The molecule has 0 radical (unpaired) electrons. The van der Waals surface area contributed by atoms with Gasteiger partial charge in [-0.3, -0.25) is 0 Å². The number of benzene rings is 5. The predicted octanol–water partition coefficient (Wildman–Crippen LogP) is 11.6. The number of hydrogen-bond acceptors (Lipinski definition) is 0. The molecule has 0 aliphatic rings. The molecule has 0 aliphatic carbocycles. The second kappa shape index (κ2) is 10.8. The Morgan fingerprint density at radius 1 is 0.333 bits per heavy atom. The lowest BCUT2D eigenvalue weighted by Gasteiger charge is -2.31. The van der Waals surface area contributed by atoms with Crippen LogP contribution in [0.25, 0.3) is 44.5 Å². The summed E-state index contributed by atoms with van der Waals surface area (Å²) in [6, 6.07) is 25.2. The molecule has 0 nitrogen and oxygen atoms in total. The molecule has 5 aromatic rings. The number of hydrogen-bond donors (Lipinski definition) is 0. The van der Waals surface area contributed by atoms with Crippen LogP contribution in [0.3, 0.4) is 0 Å². The Kier molecular flexibility index (Phi) is 7.52. The Labute approximate surface area is 241 Å². The Morgan fingerprint density at radius 3 is 0.690 bits per heavy atom. The minimum absolute atomic E-state index is 0.0970. The molecule has 0 saturated carbocycles. The van der Waals surface area contributed by atoms with Crippen molar-refractivity contribution in [1.29, 1.82) is 0 Å². The molecule has 5 aromatic carbocycles. The summed E-state index contributed by atoms with van der Waals surface area (Å²) in [5, 5.41) is 0. The van der Waals surface area contributed by atoms with Gasteiger partial charge in [-0.25, -0.2) is 0 Å². The van der Waals surface area contributed by atoms with Gasteiger partial charge in [-0.1, -0.05) is 97.1 Å². The third kappa shape index (κ3) is 5.11. The van der Waals surface area contributed by atoms with Gasteiger partial charge in [-0.15, -0.1) is 0 Å². The van der Waals surface area contributed by atoms with E-state index in [2.05, 4.69) is 0 Å². The van der Waals surface area contributed by atoms with Crippen molar-refractivity contribution in [2.24, 2.45) is 0 Å². The van der Waals surface area contributed by atoms with Gasteiger partial charge >= 0.3 is 12.4 Å². The van der Waals surface area contributed by atoms with Crippen LogP contribution in [0.1, 0.15) is 33.4 Å². The summed E-state index contributed by atoms with van der Waals surface area (Å²) < 4.78 is 94.1. The Balaban J connectivity index is 2.25. The largest absolute Gasteiger partial charge is 0.417 e. The maximum atomic E-state index is 15.7. The molecule has 0 atom stereocenters. The zero-order chi connectivity index (χ0) is 30.4. The second-order valence-electron chi connectivity index (χ2n) is 10.5. The highest BCUT2D eigenvalue weighted by atomic mass is 19.4. The molecule has 0 spiro atoms. The van der Waals surface area contributed by atoms with Crippen LogP contribution >= 0.6 is 0 Å². The molecule has 0 aliphatic heterocycles. The topological polar surface area (TPSA) is 0 Å². The first kappa shape index (κ1) is 29.2. The average molecular weight is 575 g/mol. The van der Waals surface area contributed by atoms with Gasteiger partial charge in [0.1, 0.15) is 0 Å². The van der Waals surface area contributed by atoms with Crippen LogP contribution in [0.2, 0.25) is 0 Å². The van der Waals surface area contributed by atoms with Gasteiger partial charge in [-0.2, -0.15) is 26.3 Å². The van der Waals surface area contributed by atoms with E-state index in [1.807, 2.05) is 0 Å². The van der Waals surface area contributed by atoms with Gasteiger partial charge in [0.15, 0.2) is 0 Å². The van der Waals surface area contributed by atoms with Crippen LogP contribution in [0, 0.1) is 27.7 Å². The van der Waals surface area contributed by atoms with Crippen molar-refractivity contribution in [1.82, 2.24) is 0 Å². The van der Waals surface area contributed by atoms with Crippen LogP contribution in [0.4, 0.5) is 26.3 Å². The molecular weight excluding hydrogens is 546 g/mol. The van der Waals surface area contributed by atoms with Crippen molar-refractivity contribution in [3.05, 3.63) is 130 Å². The summed E-state index contributed by atoms with van der Waals surface area (Å²) in [6.45, 7) is 6.47. The molecule has 0 bridgehead atoms. The number of alkyl halides is 6. The zero-order valence-corrected chi connectivity index (χ0v) is 23.5. The fourth-order valence-corrected chi connectivity index (χ4v) is 5.81. The molecule has 0 amide bonds. The van der Waals surface area contributed by atoms with E-state index < -0.39 is 45.7 Å². The molecule has 42 heavy (non-hydrogen) atoms. The first-order valence-corrected chi connectivity index (χ1v) is 13.4. The Morgan fingerprint density at radius 2 is 0.524 bits per heavy atom. The van der Waals surface area contributed by atoms with Crippen LogP contribution < -0.4 is 0 Å². The lowest BCUT2D eigenvalue weighted by atomic mass is 9.74. The fourth-order valence-electron chi connectivity index (χ4n) is 5.81. The highest BCUT2D eigenvalue weighted by Gasteiger charge is 2.47. The minimum atomic E-state index is -5.01.